The van der Waals surface area contributed by atoms with Crippen LogP contribution in [-0.2, 0) is 14.3 Å². The summed E-state index contributed by atoms with van der Waals surface area (Å²) in [6.45, 7) is 4.49. The maximum Gasteiger partial charge on any atom is 0.329 e. The highest BCUT2D eigenvalue weighted by Crippen LogP contribution is 2.33. The first-order valence-electron chi connectivity index (χ1n) is 8.44. The van der Waals surface area contributed by atoms with E-state index in [9.17, 15) is 9.59 Å². The SMILES string of the molecule is CCCOC(=O)C1CSC(CCC)N1C(=O)CSc1ccccc1. The number of ether oxygens (including phenoxy) is 1. The summed E-state index contributed by atoms with van der Waals surface area (Å²) in [7, 11) is 0. The number of amides is 1. The molecule has 132 valence electrons. The van der Waals surface area contributed by atoms with Gasteiger partial charge in [0.15, 0.2) is 0 Å². The number of benzene rings is 1. The van der Waals surface area contributed by atoms with Crippen molar-refractivity contribution >= 4 is 35.4 Å². The molecule has 0 aromatic heterocycles. The van der Waals surface area contributed by atoms with Gasteiger partial charge in [-0.05, 0) is 25.0 Å². The fraction of sp³-hybridized carbons (Fsp3) is 0.556. The van der Waals surface area contributed by atoms with E-state index < -0.39 is 6.04 Å². The van der Waals surface area contributed by atoms with Crippen LogP contribution in [0.4, 0.5) is 0 Å². The number of nitrogens with zero attached hydrogens (tertiary/aromatic N) is 1. The Kier molecular flexibility index (Phi) is 7.99. The number of hydrogen-bond donors (Lipinski definition) is 0. The van der Waals surface area contributed by atoms with E-state index in [0.717, 1.165) is 24.2 Å². The number of esters is 1. The third-order valence-electron chi connectivity index (χ3n) is 3.74. The molecule has 6 heteroatoms. The molecule has 1 aliphatic rings. The number of carbonyl (C=O) groups is 2. The summed E-state index contributed by atoms with van der Waals surface area (Å²) < 4.78 is 5.29. The lowest BCUT2D eigenvalue weighted by Crippen LogP contribution is -2.47. The van der Waals surface area contributed by atoms with Crippen molar-refractivity contribution in [1.29, 1.82) is 0 Å². The lowest BCUT2D eigenvalue weighted by atomic mass is 10.2. The first-order chi connectivity index (χ1) is 11.7. The molecule has 1 saturated heterocycles. The molecule has 1 aromatic rings. The van der Waals surface area contributed by atoms with Crippen LogP contribution in [0, 0.1) is 0 Å². The average Bonchev–Trinajstić information content (AvgIpc) is 3.02. The van der Waals surface area contributed by atoms with Crippen LogP contribution in [0.1, 0.15) is 33.1 Å². The smallest absolute Gasteiger partial charge is 0.329 e. The van der Waals surface area contributed by atoms with E-state index in [4.69, 9.17) is 4.74 Å². The van der Waals surface area contributed by atoms with Crippen LogP contribution in [0.5, 0.6) is 0 Å². The number of thioether (sulfide) groups is 2. The van der Waals surface area contributed by atoms with Crippen LogP contribution >= 0.6 is 23.5 Å². The minimum absolute atomic E-state index is 0.0192. The lowest BCUT2D eigenvalue weighted by molar-refractivity contribution is -0.153. The van der Waals surface area contributed by atoms with Crippen molar-refractivity contribution in [3.05, 3.63) is 30.3 Å². The summed E-state index contributed by atoms with van der Waals surface area (Å²) in [6.07, 6.45) is 2.69. The summed E-state index contributed by atoms with van der Waals surface area (Å²) in [5.41, 5.74) is 0. The van der Waals surface area contributed by atoms with Crippen LogP contribution in [-0.4, -0.2) is 46.3 Å². The van der Waals surface area contributed by atoms with Crippen LogP contribution in [0.2, 0.25) is 0 Å². The molecule has 0 aliphatic carbocycles. The molecule has 2 atom stereocenters. The monoisotopic (exact) mass is 367 g/mol. The highest BCUT2D eigenvalue weighted by Gasteiger charge is 2.41. The zero-order chi connectivity index (χ0) is 17.4. The van der Waals surface area contributed by atoms with Gasteiger partial charge in [0.05, 0.1) is 17.7 Å². The molecule has 24 heavy (non-hydrogen) atoms. The normalized spacial score (nSPS) is 20.2. The Labute approximate surface area is 152 Å². The van der Waals surface area contributed by atoms with Gasteiger partial charge in [-0.25, -0.2) is 4.79 Å². The van der Waals surface area contributed by atoms with Crippen molar-refractivity contribution in [3.63, 3.8) is 0 Å². The van der Waals surface area contributed by atoms with Crippen molar-refractivity contribution < 1.29 is 14.3 Å². The highest BCUT2D eigenvalue weighted by molar-refractivity contribution is 8.00. The molecule has 0 saturated carbocycles. The molecular formula is C18H25NO3S2. The number of carbonyl (C=O) groups excluding carboxylic acids is 2. The average molecular weight is 368 g/mol. The van der Waals surface area contributed by atoms with Gasteiger partial charge in [0.1, 0.15) is 6.04 Å². The van der Waals surface area contributed by atoms with Crippen LogP contribution < -0.4 is 0 Å². The van der Waals surface area contributed by atoms with Crippen molar-refractivity contribution in [3.8, 4) is 0 Å². The van der Waals surface area contributed by atoms with Gasteiger partial charge in [0.25, 0.3) is 0 Å². The summed E-state index contributed by atoms with van der Waals surface area (Å²) >= 11 is 3.20. The fourth-order valence-corrected chi connectivity index (χ4v) is 4.90. The zero-order valence-corrected chi connectivity index (χ0v) is 15.9. The molecule has 1 fully saturated rings. The minimum Gasteiger partial charge on any atom is -0.464 e. The van der Waals surface area contributed by atoms with Crippen LogP contribution in [0.15, 0.2) is 35.2 Å². The molecule has 0 bridgehead atoms. The first-order valence-corrected chi connectivity index (χ1v) is 10.5. The Balaban J connectivity index is 2.01. The van der Waals surface area contributed by atoms with Gasteiger partial charge in [0, 0.05) is 10.6 Å². The topological polar surface area (TPSA) is 46.6 Å². The van der Waals surface area contributed by atoms with E-state index in [1.54, 1.807) is 16.7 Å². The second-order valence-electron chi connectivity index (χ2n) is 5.66. The second kappa shape index (κ2) is 9.99. The van der Waals surface area contributed by atoms with E-state index in [2.05, 4.69) is 6.92 Å². The third-order valence-corrected chi connectivity index (χ3v) is 6.09. The van der Waals surface area contributed by atoms with Crippen molar-refractivity contribution in [2.45, 2.75) is 49.4 Å². The van der Waals surface area contributed by atoms with E-state index in [1.165, 1.54) is 11.8 Å². The molecule has 4 nitrogen and oxygen atoms in total. The highest BCUT2D eigenvalue weighted by atomic mass is 32.2. The van der Waals surface area contributed by atoms with Gasteiger partial charge >= 0.3 is 5.97 Å². The second-order valence-corrected chi connectivity index (χ2v) is 7.92. The largest absolute Gasteiger partial charge is 0.464 e. The Bertz CT molecular complexity index is 538. The molecule has 1 amide bonds. The van der Waals surface area contributed by atoms with Gasteiger partial charge in [-0.15, -0.1) is 23.5 Å². The predicted molar refractivity (Wildman–Crippen MR) is 100 cm³/mol. The van der Waals surface area contributed by atoms with Crippen molar-refractivity contribution in [2.75, 3.05) is 18.1 Å². The van der Waals surface area contributed by atoms with E-state index in [1.807, 2.05) is 37.3 Å². The standard InChI is InChI=1S/C18H25NO3S2/c1-3-8-17-19(15(12-24-17)18(21)22-11-4-2)16(20)13-23-14-9-6-5-7-10-14/h5-7,9-10,15,17H,3-4,8,11-13H2,1-2H3. The summed E-state index contributed by atoms with van der Waals surface area (Å²) in [5.74, 6) is 0.740. The fourth-order valence-electron chi connectivity index (χ4n) is 2.58. The molecule has 2 rings (SSSR count). The Hall–Kier alpha value is -1.14. The maximum absolute atomic E-state index is 12.8. The molecule has 0 N–H and O–H groups in total. The van der Waals surface area contributed by atoms with Gasteiger partial charge in [0.2, 0.25) is 5.91 Å². The Morgan fingerprint density at radius 3 is 2.67 bits per heavy atom. The van der Waals surface area contributed by atoms with E-state index >= 15 is 0 Å². The molecular weight excluding hydrogens is 342 g/mol. The first kappa shape index (κ1) is 19.2. The zero-order valence-electron chi connectivity index (χ0n) is 14.3. The lowest BCUT2D eigenvalue weighted by Gasteiger charge is -2.28. The Morgan fingerprint density at radius 2 is 2.00 bits per heavy atom. The van der Waals surface area contributed by atoms with Gasteiger partial charge in [-0.1, -0.05) is 38.5 Å². The Morgan fingerprint density at radius 1 is 1.25 bits per heavy atom. The van der Waals surface area contributed by atoms with E-state index in [0.29, 0.717) is 18.1 Å². The number of rotatable bonds is 8. The summed E-state index contributed by atoms with van der Waals surface area (Å²) in [6, 6.07) is 9.43. The molecule has 2 unspecified atom stereocenters. The predicted octanol–water partition coefficient (Wildman–Crippen LogP) is 3.80. The van der Waals surface area contributed by atoms with Crippen LogP contribution in [0.3, 0.4) is 0 Å². The van der Waals surface area contributed by atoms with Crippen molar-refractivity contribution in [1.82, 2.24) is 4.90 Å². The van der Waals surface area contributed by atoms with Crippen molar-refractivity contribution in [2.24, 2.45) is 0 Å². The van der Waals surface area contributed by atoms with Crippen LogP contribution in [0.25, 0.3) is 0 Å². The quantitative estimate of drug-likeness (QED) is 0.517. The van der Waals surface area contributed by atoms with Gasteiger partial charge < -0.3 is 9.64 Å². The van der Waals surface area contributed by atoms with Gasteiger partial charge in [-0.3, -0.25) is 4.79 Å². The summed E-state index contributed by atoms with van der Waals surface area (Å²) in [4.78, 5) is 27.9. The third kappa shape index (κ3) is 5.18. The van der Waals surface area contributed by atoms with E-state index in [-0.39, 0.29) is 17.3 Å². The molecule has 1 aliphatic heterocycles. The van der Waals surface area contributed by atoms with Gasteiger partial charge in [-0.2, -0.15) is 0 Å². The molecule has 0 spiro atoms. The molecule has 1 aromatic carbocycles. The summed E-state index contributed by atoms with van der Waals surface area (Å²) in [5, 5.41) is 0.0815. The molecule has 1 heterocycles. The minimum atomic E-state index is -0.443. The molecule has 0 radical (unpaired) electrons. The number of hydrogen-bond acceptors (Lipinski definition) is 5. The maximum atomic E-state index is 12.8.